The van der Waals surface area contributed by atoms with E-state index in [0.29, 0.717) is 18.9 Å². The average molecular weight is 228 g/mol. The first-order valence-corrected chi connectivity index (χ1v) is 6.04. The highest BCUT2D eigenvalue weighted by Crippen LogP contribution is 2.39. The predicted octanol–water partition coefficient (Wildman–Crippen LogP) is 1.05. The van der Waals surface area contributed by atoms with Gasteiger partial charge >= 0.3 is 0 Å². The van der Waals surface area contributed by atoms with E-state index in [1.54, 1.807) is 7.11 Å². The Bertz CT molecular complexity index is 237. The molecule has 0 aromatic carbocycles. The van der Waals surface area contributed by atoms with E-state index < -0.39 is 6.04 Å². The molecule has 0 aromatic heterocycles. The minimum atomic E-state index is -0.409. The number of carbonyl (C=O) groups excluding carboxylic acids is 1. The van der Waals surface area contributed by atoms with Crippen LogP contribution in [0.5, 0.6) is 0 Å². The van der Waals surface area contributed by atoms with Gasteiger partial charge in [-0.2, -0.15) is 0 Å². The van der Waals surface area contributed by atoms with Gasteiger partial charge in [-0.3, -0.25) is 4.79 Å². The van der Waals surface area contributed by atoms with E-state index in [2.05, 4.69) is 19.2 Å². The molecule has 1 fully saturated rings. The molecule has 0 aliphatic heterocycles. The fraction of sp³-hybridized carbons (Fsp3) is 0.917. The molecule has 1 amide bonds. The van der Waals surface area contributed by atoms with Crippen LogP contribution >= 0.6 is 0 Å². The Morgan fingerprint density at radius 3 is 2.69 bits per heavy atom. The highest BCUT2D eigenvalue weighted by atomic mass is 16.5. The summed E-state index contributed by atoms with van der Waals surface area (Å²) in [5.41, 5.74) is 5.72. The Kier molecular flexibility index (Phi) is 4.74. The van der Waals surface area contributed by atoms with E-state index in [0.717, 1.165) is 6.42 Å². The van der Waals surface area contributed by atoms with E-state index in [-0.39, 0.29) is 11.4 Å². The maximum atomic E-state index is 11.8. The van der Waals surface area contributed by atoms with Crippen LogP contribution in [0, 0.1) is 5.92 Å². The molecule has 0 heterocycles. The lowest BCUT2D eigenvalue weighted by molar-refractivity contribution is -0.124. The smallest absolute Gasteiger partial charge is 0.237 e. The molecular formula is C12H24N2O2. The molecule has 0 bridgehead atoms. The van der Waals surface area contributed by atoms with E-state index in [1.807, 2.05) is 0 Å². The van der Waals surface area contributed by atoms with Gasteiger partial charge in [-0.25, -0.2) is 0 Å². The quantitative estimate of drug-likeness (QED) is 0.640. The summed E-state index contributed by atoms with van der Waals surface area (Å²) >= 11 is 0. The third kappa shape index (κ3) is 4.10. The van der Waals surface area contributed by atoms with Gasteiger partial charge in [0.25, 0.3) is 0 Å². The Morgan fingerprint density at radius 1 is 1.56 bits per heavy atom. The molecule has 0 saturated heterocycles. The maximum absolute atomic E-state index is 11.8. The topological polar surface area (TPSA) is 64.3 Å². The zero-order valence-electron chi connectivity index (χ0n) is 10.6. The first-order valence-electron chi connectivity index (χ1n) is 6.04. The fourth-order valence-electron chi connectivity index (χ4n) is 1.90. The predicted molar refractivity (Wildman–Crippen MR) is 64.0 cm³/mol. The van der Waals surface area contributed by atoms with Crippen molar-refractivity contribution in [1.82, 2.24) is 5.32 Å². The molecule has 1 aliphatic rings. The van der Waals surface area contributed by atoms with Crippen LogP contribution in [0.4, 0.5) is 0 Å². The number of hydrogen-bond acceptors (Lipinski definition) is 3. The second-order valence-corrected chi connectivity index (χ2v) is 5.23. The van der Waals surface area contributed by atoms with Gasteiger partial charge in [0.1, 0.15) is 0 Å². The minimum Gasteiger partial charge on any atom is -0.385 e. The molecule has 1 unspecified atom stereocenters. The molecule has 1 atom stereocenters. The van der Waals surface area contributed by atoms with Crippen molar-refractivity contribution in [2.75, 3.05) is 13.7 Å². The van der Waals surface area contributed by atoms with Crippen molar-refractivity contribution in [3.05, 3.63) is 0 Å². The highest BCUT2D eigenvalue weighted by molar-refractivity contribution is 5.82. The Hall–Kier alpha value is -0.610. The molecule has 94 valence electrons. The van der Waals surface area contributed by atoms with Crippen molar-refractivity contribution in [2.24, 2.45) is 11.7 Å². The summed E-state index contributed by atoms with van der Waals surface area (Å²) in [6, 6.07) is -0.409. The fourth-order valence-corrected chi connectivity index (χ4v) is 1.90. The van der Waals surface area contributed by atoms with Gasteiger partial charge in [-0.15, -0.1) is 0 Å². The summed E-state index contributed by atoms with van der Waals surface area (Å²) in [5.74, 6) is 0.593. The summed E-state index contributed by atoms with van der Waals surface area (Å²) < 4.78 is 4.93. The lowest BCUT2D eigenvalue weighted by Gasteiger charge is -2.27. The van der Waals surface area contributed by atoms with Crippen LogP contribution in [0.25, 0.3) is 0 Å². The van der Waals surface area contributed by atoms with E-state index in [9.17, 15) is 4.79 Å². The van der Waals surface area contributed by atoms with Crippen LogP contribution in [0.2, 0.25) is 0 Å². The van der Waals surface area contributed by atoms with Crippen molar-refractivity contribution in [2.45, 2.75) is 51.1 Å². The molecule has 0 spiro atoms. The van der Waals surface area contributed by atoms with Crippen LogP contribution in [0.15, 0.2) is 0 Å². The molecule has 4 heteroatoms. The van der Waals surface area contributed by atoms with E-state index >= 15 is 0 Å². The SMILES string of the molecule is COCCCC(N)C(=O)NC(C)(C)C1CC1. The molecule has 0 radical (unpaired) electrons. The van der Waals surface area contributed by atoms with Gasteiger partial charge in [0, 0.05) is 19.3 Å². The maximum Gasteiger partial charge on any atom is 0.237 e. The lowest BCUT2D eigenvalue weighted by Crippen LogP contribution is -2.51. The third-order valence-electron chi connectivity index (χ3n) is 3.24. The standard InChI is InChI=1S/C12H24N2O2/c1-12(2,9-6-7-9)14-11(15)10(13)5-4-8-16-3/h9-10H,4-8,13H2,1-3H3,(H,14,15). The van der Waals surface area contributed by atoms with Crippen molar-refractivity contribution < 1.29 is 9.53 Å². The lowest BCUT2D eigenvalue weighted by atomic mass is 9.98. The van der Waals surface area contributed by atoms with Crippen LogP contribution in [-0.4, -0.2) is 31.2 Å². The molecule has 1 rings (SSSR count). The molecular weight excluding hydrogens is 204 g/mol. The summed E-state index contributed by atoms with van der Waals surface area (Å²) in [6.07, 6.45) is 3.94. The highest BCUT2D eigenvalue weighted by Gasteiger charge is 2.39. The summed E-state index contributed by atoms with van der Waals surface area (Å²) in [7, 11) is 1.65. The number of nitrogens with one attached hydrogen (secondary N) is 1. The van der Waals surface area contributed by atoms with Gasteiger partial charge in [-0.1, -0.05) is 0 Å². The molecule has 4 nitrogen and oxygen atoms in total. The van der Waals surface area contributed by atoms with Gasteiger partial charge in [0.05, 0.1) is 6.04 Å². The van der Waals surface area contributed by atoms with Gasteiger partial charge in [0.2, 0.25) is 5.91 Å². The zero-order valence-corrected chi connectivity index (χ0v) is 10.6. The number of amides is 1. The molecule has 0 aromatic rings. The van der Waals surface area contributed by atoms with Crippen LogP contribution in [0.3, 0.4) is 0 Å². The van der Waals surface area contributed by atoms with Crippen LogP contribution in [-0.2, 0) is 9.53 Å². The normalized spacial score (nSPS) is 18.2. The molecule has 1 saturated carbocycles. The van der Waals surface area contributed by atoms with Crippen LogP contribution < -0.4 is 11.1 Å². The first-order chi connectivity index (χ1) is 7.47. The molecule has 3 N–H and O–H groups in total. The Morgan fingerprint density at radius 2 is 2.19 bits per heavy atom. The van der Waals surface area contributed by atoms with Crippen molar-refractivity contribution in [3.63, 3.8) is 0 Å². The average Bonchev–Trinajstić information content (AvgIpc) is 3.00. The molecule has 16 heavy (non-hydrogen) atoms. The Labute approximate surface area is 97.9 Å². The second kappa shape index (κ2) is 5.64. The summed E-state index contributed by atoms with van der Waals surface area (Å²) in [4.78, 5) is 11.8. The summed E-state index contributed by atoms with van der Waals surface area (Å²) in [6.45, 7) is 4.81. The van der Waals surface area contributed by atoms with Crippen molar-refractivity contribution in [1.29, 1.82) is 0 Å². The number of rotatable bonds is 7. The number of methoxy groups -OCH3 is 1. The van der Waals surface area contributed by atoms with Crippen LogP contribution in [0.1, 0.15) is 39.5 Å². The third-order valence-corrected chi connectivity index (χ3v) is 3.24. The molecule has 1 aliphatic carbocycles. The largest absolute Gasteiger partial charge is 0.385 e. The monoisotopic (exact) mass is 228 g/mol. The van der Waals surface area contributed by atoms with Crippen molar-refractivity contribution in [3.8, 4) is 0 Å². The Balaban J connectivity index is 2.27. The number of carbonyl (C=O) groups is 1. The van der Waals surface area contributed by atoms with Gasteiger partial charge in [-0.05, 0) is 45.4 Å². The zero-order chi connectivity index (χ0) is 12.2. The van der Waals surface area contributed by atoms with Gasteiger partial charge in [0.15, 0.2) is 0 Å². The van der Waals surface area contributed by atoms with E-state index in [1.165, 1.54) is 12.8 Å². The number of hydrogen-bond donors (Lipinski definition) is 2. The van der Waals surface area contributed by atoms with Crippen molar-refractivity contribution >= 4 is 5.91 Å². The number of ether oxygens (including phenoxy) is 1. The number of nitrogens with two attached hydrogens (primary N) is 1. The van der Waals surface area contributed by atoms with Gasteiger partial charge < -0.3 is 15.8 Å². The second-order valence-electron chi connectivity index (χ2n) is 5.23. The van der Waals surface area contributed by atoms with E-state index in [4.69, 9.17) is 10.5 Å². The first kappa shape index (κ1) is 13.5. The summed E-state index contributed by atoms with van der Waals surface area (Å²) in [5, 5.41) is 3.04. The minimum absolute atomic E-state index is 0.0343.